The van der Waals surface area contributed by atoms with Gasteiger partial charge in [0, 0.05) is 10.6 Å². The average molecular weight is 378 g/mol. The molecule has 138 valence electrons. The van der Waals surface area contributed by atoms with Crippen molar-refractivity contribution in [3.05, 3.63) is 58.1 Å². The smallest absolute Gasteiger partial charge is 0.305 e. The van der Waals surface area contributed by atoms with Crippen molar-refractivity contribution in [1.82, 2.24) is 5.32 Å². The van der Waals surface area contributed by atoms with E-state index >= 15 is 0 Å². The van der Waals surface area contributed by atoms with E-state index in [1.54, 1.807) is 30.3 Å². The molecule has 0 radical (unpaired) electrons. The van der Waals surface area contributed by atoms with Gasteiger partial charge in [-0.1, -0.05) is 17.7 Å². The van der Waals surface area contributed by atoms with E-state index in [1.807, 2.05) is 6.92 Å². The fourth-order valence-corrected chi connectivity index (χ4v) is 2.90. The molecule has 0 aromatic heterocycles. The van der Waals surface area contributed by atoms with Crippen LogP contribution in [0.3, 0.4) is 0 Å². The van der Waals surface area contributed by atoms with Crippen LogP contribution in [0.4, 0.5) is 0 Å². The highest BCUT2D eigenvalue weighted by Gasteiger charge is 2.21. The number of carboxylic acids is 1. The van der Waals surface area contributed by atoms with Crippen molar-refractivity contribution in [3.8, 4) is 11.5 Å². The molecule has 0 fully saturated rings. The zero-order valence-electron chi connectivity index (χ0n) is 14.7. The number of rotatable bonds is 7. The molecule has 26 heavy (non-hydrogen) atoms. The van der Waals surface area contributed by atoms with Crippen molar-refractivity contribution >= 4 is 23.5 Å². The van der Waals surface area contributed by atoms with Crippen LogP contribution in [0.15, 0.2) is 36.4 Å². The fraction of sp³-hybridized carbons (Fsp3) is 0.263. The molecule has 0 aliphatic rings. The largest absolute Gasteiger partial charge is 0.493 e. The highest BCUT2D eigenvalue weighted by atomic mass is 35.5. The topological polar surface area (TPSA) is 84.9 Å². The second-order valence-electron chi connectivity index (χ2n) is 5.76. The zero-order valence-corrected chi connectivity index (χ0v) is 15.5. The molecule has 6 nitrogen and oxygen atoms in total. The van der Waals surface area contributed by atoms with Crippen LogP contribution < -0.4 is 14.8 Å². The van der Waals surface area contributed by atoms with Gasteiger partial charge >= 0.3 is 5.97 Å². The summed E-state index contributed by atoms with van der Waals surface area (Å²) in [5.74, 6) is -0.473. The lowest BCUT2D eigenvalue weighted by Crippen LogP contribution is -2.30. The third-order valence-electron chi connectivity index (χ3n) is 3.80. The SMILES string of the molecule is COc1ccc(C(CC(=O)O)NC(=O)c2cc(C)cc(Cl)c2)cc1OC. The number of carbonyl (C=O) groups is 2. The summed E-state index contributed by atoms with van der Waals surface area (Å²) in [6.07, 6.45) is -0.277. The Morgan fingerprint density at radius 1 is 1.12 bits per heavy atom. The summed E-state index contributed by atoms with van der Waals surface area (Å²) < 4.78 is 10.4. The summed E-state index contributed by atoms with van der Waals surface area (Å²) in [6, 6.07) is 9.23. The summed E-state index contributed by atoms with van der Waals surface area (Å²) in [6.45, 7) is 1.83. The predicted octanol–water partition coefficient (Wildman–Crippen LogP) is 3.61. The highest BCUT2D eigenvalue weighted by molar-refractivity contribution is 6.31. The predicted molar refractivity (Wildman–Crippen MR) is 98.2 cm³/mol. The van der Waals surface area contributed by atoms with Gasteiger partial charge in [-0.15, -0.1) is 0 Å². The van der Waals surface area contributed by atoms with E-state index in [-0.39, 0.29) is 6.42 Å². The number of aryl methyl sites for hydroxylation is 1. The molecule has 1 atom stereocenters. The Hall–Kier alpha value is -2.73. The van der Waals surface area contributed by atoms with Gasteiger partial charge in [-0.05, 0) is 48.4 Å². The molecule has 2 aromatic rings. The number of benzene rings is 2. The van der Waals surface area contributed by atoms with E-state index in [1.165, 1.54) is 20.3 Å². The molecule has 0 saturated heterocycles. The second kappa shape index (κ2) is 8.58. The van der Waals surface area contributed by atoms with Gasteiger partial charge in [0.25, 0.3) is 5.91 Å². The third kappa shape index (κ3) is 4.89. The molecule has 0 spiro atoms. The molecule has 1 amide bonds. The lowest BCUT2D eigenvalue weighted by Gasteiger charge is -2.19. The van der Waals surface area contributed by atoms with Crippen molar-refractivity contribution in [2.45, 2.75) is 19.4 Å². The Bertz CT molecular complexity index is 801. The standard InChI is InChI=1S/C19H20ClNO5/c1-11-6-13(8-14(20)7-11)19(24)21-15(10-18(22)23)12-4-5-16(25-2)17(9-12)26-3/h4-9,15H,10H2,1-3H3,(H,21,24)(H,22,23). The number of hydrogen-bond acceptors (Lipinski definition) is 4. The molecule has 0 bridgehead atoms. The first-order valence-electron chi connectivity index (χ1n) is 7.85. The molecule has 2 rings (SSSR count). The first-order chi connectivity index (χ1) is 12.3. The molecule has 7 heteroatoms. The van der Waals surface area contributed by atoms with Crippen molar-refractivity contribution in [2.75, 3.05) is 14.2 Å². The van der Waals surface area contributed by atoms with E-state index in [4.69, 9.17) is 21.1 Å². The van der Waals surface area contributed by atoms with Gasteiger partial charge in [0.1, 0.15) is 0 Å². The van der Waals surface area contributed by atoms with Gasteiger partial charge in [-0.3, -0.25) is 9.59 Å². The van der Waals surface area contributed by atoms with Crippen LogP contribution in [0.2, 0.25) is 5.02 Å². The molecule has 0 heterocycles. The van der Waals surface area contributed by atoms with E-state index in [9.17, 15) is 14.7 Å². The van der Waals surface area contributed by atoms with E-state index in [0.717, 1.165) is 5.56 Å². The van der Waals surface area contributed by atoms with Gasteiger partial charge in [-0.25, -0.2) is 0 Å². The summed E-state index contributed by atoms with van der Waals surface area (Å²) in [5.41, 5.74) is 1.80. The van der Waals surface area contributed by atoms with Gasteiger partial charge in [0.05, 0.1) is 26.7 Å². The summed E-state index contributed by atoms with van der Waals surface area (Å²) in [4.78, 5) is 23.8. The molecule has 0 aliphatic carbocycles. The van der Waals surface area contributed by atoms with Crippen LogP contribution >= 0.6 is 11.6 Å². The van der Waals surface area contributed by atoms with Crippen molar-refractivity contribution in [1.29, 1.82) is 0 Å². The maximum Gasteiger partial charge on any atom is 0.305 e. The van der Waals surface area contributed by atoms with Crippen molar-refractivity contribution < 1.29 is 24.2 Å². The van der Waals surface area contributed by atoms with Gasteiger partial charge in [0.2, 0.25) is 0 Å². The van der Waals surface area contributed by atoms with Crippen LogP contribution in [0.5, 0.6) is 11.5 Å². The number of halogens is 1. The molecular weight excluding hydrogens is 358 g/mol. The number of methoxy groups -OCH3 is 2. The Morgan fingerprint density at radius 3 is 2.38 bits per heavy atom. The van der Waals surface area contributed by atoms with Gasteiger partial charge in [-0.2, -0.15) is 0 Å². The molecular formula is C19H20ClNO5. The zero-order chi connectivity index (χ0) is 19.3. The maximum absolute atomic E-state index is 12.6. The highest BCUT2D eigenvalue weighted by Crippen LogP contribution is 2.31. The summed E-state index contributed by atoms with van der Waals surface area (Å²) in [5, 5.41) is 12.4. The first kappa shape index (κ1) is 19.6. The van der Waals surface area contributed by atoms with Crippen LogP contribution in [-0.2, 0) is 4.79 Å². The van der Waals surface area contributed by atoms with E-state index in [2.05, 4.69) is 5.32 Å². The lowest BCUT2D eigenvalue weighted by molar-refractivity contribution is -0.137. The molecule has 2 N–H and O–H groups in total. The molecule has 0 aliphatic heterocycles. The Morgan fingerprint density at radius 2 is 1.81 bits per heavy atom. The lowest BCUT2D eigenvalue weighted by atomic mass is 10.0. The minimum atomic E-state index is -1.03. The fourth-order valence-electron chi connectivity index (χ4n) is 2.61. The monoisotopic (exact) mass is 377 g/mol. The quantitative estimate of drug-likeness (QED) is 0.769. The van der Waals surface area contributed by atoms with Gasteiger partial charge < -0.3 is 19.9 Å². The van der Waals surface area contributed by atoms with Crippen LogP contribution in [0, 0.1) is 6.92 Å². The maximum atomic E-state index is 12.6. The normalized spacial score (nSPS) is 11.5. The van der Waals surface area contributed by atoms with Crippen molar-refractivity contribution in [2.24, 2.45) is 0 Å². The third-order valence-corrected chi connectivity index (χ3v) is 4.02. The number of carboxylic acid groups (broad SMARTS) is 1. The number of aliphatic carboxylic acids is 1. The molecule has 0 saturated carbocycles. The average Bonchev–Trinajstić information content (AvgIpc) is 2.59. The molecule has 1 unspecified atom stereocenters. The number of amides is 1. The van der Waals surface area contributed by atoms with Gasteiger partial charge in [0.15, 0.2) is 11.5 Å². The Kier molecular flexibility index (Phi) is 6.46. The number of hydrogen-bond donors (Lipinski definition) is 2. The van der Waals surface area contributed by atoms with E-state index in [0.29, 0.717) is 27.6 Å². The number of carbonyl (C=O) groups excluding carboxylic acids is 1. The van der Waals surface area contributed by atoms with E-state index < -0.39 is 17.9 Å². The van der Waals surface area contributed by atoms with Crippen molar-refractivity contribution in [3.63, 3.8) is 0 Å². The minimum absolute atomic E-state index is 0.277. The number of ether oxygens (including phenoxy) is 2. The summed E-state index contributed by atoms with van der Waals surface area (Å²) >= 11 is 6.00. The minimum Gasteiger partial charge on any atom is -0.493 e. The number of nitrogens with one attached hydrogen (secondary N) is 1. The Labute approximate surface area is 156 Å². The van der Waals surface area contributed by atoms with Crippen LogP contribution in [0.1, 0.15) is 33.9 Å². The molecule has 2 aromatic carbocycles. The summed E-state index contributed by atoms with van der Waals surface area (Å²) in [7, 11) is 3.00. The second-order valence-corrected chi connectivity index (χ2v) is 6.19. The Balaban J connectivity index is 2.32. The first-order valence-corrected chi connectivity index (χ1v) is 8.23. The van der Waals surface area contributed by atoms with Crippen LogP contribution in [0.25, 0.3) is 0 Å². The van der Waals surface area contributed by atoms with Crippen LogP contribution in [-0.4, -0.2) is 31.2 Å².